The summed E-state index contributed by atoms with van der Waals surface area (Å²) < 4.78 is 20.1. The molecule has 1 aliphatic rings. The van der Waals surface area contributed by atoms with E-state index in [9.17, 15) is 4.39 Å². The summed E-state index contributed by atoms with van der Waals surface area (Å²) in [7, 11) is 0. The predicted molar refractivity (Wildman–Crippen MR) is 137 cm³/mol. The van der Waals surface area contributed by atoms with Crippen LogP contribution in [0, 0.1) is 5.82 Å². The third kappa shape index (κ3) is 6.73. The van der Waals surface area contributed by atoms with Crippen LogP contribution in [0.25, 0.3) is 0 Å². The molecule has 1 saturated heterocycles. The number of aliphatic imine (C=N–C) groups is 1. The van der Waals surface area contributed by atoms with Crippen molar-refractivity contribution in [3.63, 3.8) is 0 Å². The molecular weight excluding hydrogens is 536 g/mol. The maximum atomic E-state index is 14.5. The van der Waals surface area contributed by atoms with Crippen molar-refractivity contribution in [3.8, 4) is 11.5 Å². The second kappa shape index (κ2) is 12.3. The van der Waals surface area contributed by atoms with Crippen LogP contribution in [-0.4, -0.2) is 58.5 Å². The van der Waals surface area contributed by atoms with Crippen molar-refractivity contribution < 1.29 is 9.13 Å². The SMILES string of the molecule is CCNC(=NCc1ccc(Oc2cccnc2)c(F)c1)N1CCN(c2ncccn2)CC1.I. The van der Waals surface area contributed by atoms with Gasteiger partial charge < -0.3 is 19.9 Å². The molecule has 3 aromatic rings. The number of anilines is 1. The van der Waals surface area contributed by atoms with E-state index in [1.165, 1.54) is 6.07 Å². The highest BCUT2D eigenvalue weighted by molar-refractivity contribution is 14.0. The maximum absolute atomic E-state index is 14.5. The normalized spacial score (nSPS) is 13.9. The van der Waals surface area contributed by atoms with Gasteiger partial charge in [-0.1, -0.05) is 6.07 Å². The van der Waals surface area contributed by atoms with Crippen LogP contribution in [0.1, 0.15) is 12.5 Å². The van der Waals surface area contributed by atoms with Crippen LogP contribution >= 0.6 is 24.0 Å². The highest BCUT2D eigenvalue weighted by Crippen LogP contribution is 2.24. The van der Waals surface area contributed by atoms with Crippen molar-refractivity contribution in [2.75, 3.05) is 37.6 Å². The Hall–Kier alpha value is -3.02. The van der Waals surface area contributed by atoms with Crippen molar-refractivity contribution in [2.45, 2.75) is 13.5 Å². The summed E-state index contributed by atoms with van der Waals surface area (Å²) >= 11 is 0. The van der Waals surface area contributed by atoms with Gasteiger partial charge in [0.1, 0.15) is 5.75 Å². The van der Waals surface area contributed by atoms with Gasteiger partial charge in [-0.3, -0.25) is 4.98 Å². The fourth-order valence-electron chi connectivity index (χ4n) is 3.42. The second-order valence-electron chi connectivity index (χ2n) is 7.25. The average Bonchev–Trinajstić information content (AvgIpc) is 2.85. The number of piperazine rings is 1. The minimum absolute atomic E-state index is 0. The Bertz CT molecular complexity index is 1030. The van der Waals surface area contributed by atoms with E-state index in [0.717, 1.165) is 50.2 Å². The Morgan fingerprint density at radius 3 is 2.55 bits per heavy atom. The minimum atomic E-state index is -0.428. The first-order chi connectivity index (χ1) is 15.7. The van der Waals surface area contributed by atoms with Gasteiger partial charge in [-0.05, 0) is 42.8 Å². The molecule has 0 unspecified atom stereocenters. The smallest absolute Gasteiger partial charge is 0.225 e. The Morgan fingerprint density at radius 2 is 1.88 bits per heavy atom. The quantitative estimate of drug-likeness (QED) is 0.279. The third-order valence-corrected chi connectivity index (χ3v) is 5.02. The van der Waals surface area contributed by atoms with Crippen LogP contribution in [-0.2, 0) is 6.54 Å². The lowest BCUT2D eigenvalue weighted by Gasteiger charge is -2.36. The molecule has 4 rings (SSSR count). The van der Waals surface area contributed by atoms with E-state index in [0.29, 0.717) is 12.3 Å². The molecule has 3 heterocycles. The van der Waals surface area contributed by atoms with Gasteiger partial charge in [0.15, 0.2) is 17.5 Å². The third-order valence-electron chi connectivity index (χ3n) is 5.02. The van der Waals surface area contributed by atoms with Crippen molar-refractivity contribution in [1.29, 1.82) is 0 Å². The number of nitrogens with zero attached hydrogens (tertiary/aromatic N) is 6. The fraction of sp³-hybridized carbons (Fsp3) is 0.304. The Balaban J connectivity index is 0.00000306. The number of benzene rings is 1. The zero-order chi connectivity index (χ0) is 22.2. The van der Waals surface area contributed by atoms with Crippen LogP contribution in [0.5, 0.6) is 11.5 Å². The van der Waals surface area contributed by atoms with E-state index in [1.807, 2.05) is 19.1 Å². The molecule has 33 heavy (non-hydrogen) atoms. The van der Waals surface area contributed by atoms with E-state index in [2.05, 4.69) is 30.1 Å². The summed E-state index contributed by atoms with van der Waals surface area (Å²) in [5, 5.41) is 3.34. The molecule has 0 saturated carbocycles. The summed E-state index contributed by atoms with van der Waals surface area (Å²) in [6.45, 7) is 6.38. The van der Waals surface area contributed by atoms with Gasteiger partial charge in [-0.2, -0.15) is 0 Å². The zero-order valence-electron chi connectivity index (χ0n) is 18.4. The maximum Gasteiger partial charge on any atom is 0.225 e. The number of rotatable bonds is 6. The van der Waals surface area contributed by atoms with Crippen molar-refractivity contribution in [2.24, 2.45) is 4.99 Å². The molecule has 2 aromatic heterocycles. The molecule has 0 atom stereocenters. The van der Waals surface area contributed by atoms with Crippen molar-refractivity contribution >= 4 is 35.9 Å². The number of pyridine rings is 1. The summed E-state index contributed by atoms with van der Waals surface area (Å²) in [6.07, 6.45) is 6.70. The first-order valence-corrected chi connectivity index (χ1v) is 10.6. The lowest BCUT2D eigenvalue weighted by Crippen LogP contribution is -2.52. The van der Waals surface area contributed by atoms with Crippen LogP contribution < -0.4 is 15.0 Å². The monoisotopic (exact) mass is 563 g/mol. The lowest BCUT2D eigenvalue weighted by atomic mass is 10.2. The molecule has 0 amide bonds. The highest BCUT2D eigenvalue weighted by atomic mass is 127. The van der Waals surface area contributed by atoms with Gasteiger partial charge in [-0.25, -0.2) is 19.4 Å². The Morgan fingerprint density at radius 1 is 1.09 bits per heavy atom. The molecular formula is C23H27FIN7O. The molecule has 0 bridgehead atoms. The number of guanidine groups is 1. The molecule has 1 aromatic carbocycles. The summed E-state index contributed by atoms with van der Waals surface area (Å²) in [6, 6.07) is 10.2. The van der Waals surface area contributed by atoms with Gasteiger partial charge in [0.25, 0.3) is 0 Å². The molecule has 10 heteroatoms. The number of aromatic nitrogens is 3. The van der Waals surface area contributed by atoms with Crippen molar-refractivity contribution in [3.05, 3.63) is 72.6 Å². The first kappa shape index (κ1) is 24.6. The number of nitrogens with one attached hydrogen (secondary N) is 1. The largest absolute Gasteiger partial charge is 0.453 e. The molecule has 8 nitrogen and oxygen atoms in total. The molecule has 0 aliphatic carbocycles. The number of hydrogen-bond acceptors (Lipinski definition) is 6. The van der Waals surface area contributed by atoms with Crippen LogP contribution in [0.3, 0.4) is 0 Å². The Kier molecular flexibility index (Phi) is 9.16. The van der Waals surface area contributed by atoms with Gasteiger partial charge in [0, 0.05) is 51.3 Å². The van der Waals surface area contributed by atoms with Crippen molar-refractivity contribution in [1.82, 2.24) is 25.2 Å². The number of ether oxygens (including phenoxy) is 1. The van der Waals surface area contributed by atoms with Gasteiger partial charge >= 0.3 is 0 Å². The minimum Gasteiger partial charge on any atom is -0.453 e. The Labute approximate surface area is 210 Å². The average molecular weight is 563 g/mol. The van der Waals surface area contributed by atoms with E-state index < -0.39 is 5.82 Å². The van der Waals surface area contributed by atoms with Crippen LogP contribution in [0.2, 0.25) is 0 Å². The fourth-order valence-corrected chi connectivity index (χ4v) is 3.42. The van der Waals surface area contributed by atoms with Crippen LogP contribution in [0.15, 0.2) is 66.2 Å². The molecule has 0 radical (unpaired) electrons. The predicted octanol–water partition coefficient (Wildman–Crippen LogP) is 3.71. The van der Waals surface area contributed by atoms with Gasteiger partial charge in [-0.15, -0.1) is 24.0 Å². The first-order valence-electron chi connectivity index (χ1n) is 10.6. The topological polar surface area (TPSA) is 78.8 Å². The highest BCUT2D eigenvalue weighted by Gasteiger charge is 2.21. The molecule has 0 spiro atoms. The lowest BCUT2D eigenvalue weighted by molar-refractivity contribution is 0.370. The number of halogens is 2. The molecule has 174 valence electrons. The zero-order valence-corrected chi connectivity index (χ0v) is 20.7. The van der Waals surface area contributed by atoms with Gasteiger partial charge in [0.2, 0.25) is 5.95 Å². The summed E-state index contributed by atoms with van der Waals surface area (Å²) in [5.41, 5.74) is 0.771. The van der Waals surface area contributed by atoms with E-state index in [4.69, 9.17) is 9.73 Å². The molecule has 1 aliphatic heterocycles. The second-order valence-corrected chi connectivity index (χ2v) is 7.25. The molecule has 1 fully saturated rings. The van der Waals surface area contributed by atoms with Crippen LogP contribution in [0.4, 0.5) is 10.3 Å². The van der Waals surface area contributed by atoms with E-state index in [1.54, 1.807) is 43.0 Å². The summed E-state index contributed by atoms with van der Waals surface area (Å²) in [5.74, 6) is 1.79. The van der Waals surface area contributed by atoms with E-state index in [-0.39, 0.29) is 29.7 Å². The molecule has 1 N–H and O–H groups in total. The van der Waals surface area contributed by atoms with E-state index >= 15 is 0 Å². The van der Waals surface area contributed by atoms with Gasteiger partial charge in [0.05, 0.1) is 12.7 Å². The summed E-state index contributed by atoms with van der Waals surface area (Å²) in [4.78, 5) is 21.7. The number of hydrogen-bond donors (Lipinski definition) is 1. The standard InChI is InChI=1S/C23H26FN7O.HI/c1-2-26-22(30-11-13-31(14-12-30)23-27-9-4-10-28-23)29-16-18-6-7-21(20(24)15-18)32-19-5-3-8-25-17-19;/h3-10,15,17H,2,11-14,16H2,1H3,(H,26,29);1H.